The lowest BCUT2D eigenvalue weighted by atomic mass is 9.78. The number of para-hydroxylation sites is 1. The van der Waals surface area contributed by atoms with E-state index in [0.717, 1.165) is 19.4 Å². The average molecular weight is 527 g/mol. The van der Waals surface area contributed by atoms with Gasteiger partial charge in [-0.3, -0.25) is 0 Å². The summed E-state index contributed by atoms with van der Waals surface area (Å²) in [6.45, 7) is 26.5. The fourth-order valence-corrected chi connectivity index (χ4v) is 6.56. The predicted octanol–water partition coefficient (Wildman–Crippen LogP) is 11.1. The summed E-state index contributed by atoms with van der Waals surface area (Å²) in [5.41, 5.74) is 9.76. The molecule has 1 heterocycles. The third kappa shape index (κ3) is 7.90. The van der Waals surface area contributed by atoms with Gasteiger partial charge in [0.2, 0.25) is 0 Å². The van der Waals surface area contributed by atoms with Crippen molar-refractivity contribution < 1.29 is 0 Å². The van der Waals surface area contributed by atoms with Crippen molar-refractivity contribution in [3.8, 4) is 0 Å². The second-order valence-electron chi connectivity index (χ2n) is 13.9. The van der Waals surface area contributed by atoms with Crippen LogP contribution in [0, 0.1) is 22.7 Å². The van der Waals surface area contributed by atoms with Crippen molar-refractivity contribution in [3.63, 3.8) is 0 Å². The first-order chi connectivity index (χ1) is 18.3. The highest BCUT2D eigenvalue weighted by atomic mass is 15.2. The van der Waals surface area contributed by atoms with E-state index >= 15 is 0 Å². The molecule has 2 aromatic rings. The highest BCUT2D eigenvalue weighted by molar-refractivity contribution is 5.73. The van der Waals surface area contributed by atoms with E-state index in [2.05, 4.69) is 153 Å². The average Bonchev–Trinajstić information content (AvgIpc) is 2.85. The minimum atomic E-state index is 0.219. The van der Waals surface area contributed by atoms with Gasteiger partial charge in [-0.15, -0.1) is 0 Å². The number of allylic oxidation sites excluding steroid dienone is 5. The Balaban J connectivity index is 2.16. The van der Waals surface area contributed by atoms with Gasteiger partial charge in [0, 0.05) is 35.0 Å². The first-order valence-electron chi connectivity index (χ1n) is 15.0. The van der Waals surface area contributed by atoms with Gasteiger partial charge in [0.25, 0.3) is 0 Å². The van der Waals surface area contributed by atoms with Crippen molar-refractivity contribution >= 4 is 17.1 Å². The maximum atomic E-state index is 2.57. The van der Waals surface area contributed by atoms with Crippen LogP contribution in [0.15, 0.2) is 83.7 Å². The fourth-order valence-electron chi connectivity index (χ4n) is 6.56. The number of rotatable bonds is 7. The lowest BCUT2D eigenvalue weighted by Gasteiger charge is -2.40. The van der Waals surface area contributed by atoms with E-state index in [1.54, 1.807) is 0 Å². The zero-order valence-corrected chi connectivity index (χ0v) is 26.7. The molecule has 0 aliphatic carbocycles. The lowest BCUT2D eigenvalue weighted by Crippen LogP contribution is -2.35. The van der Waals surface area contributed by atoms with Crippen LogP contribution in [-0.4, -0.2) is 6.54 Å². The van der Waals surface area contributed by atoms with Crippen molar-refractivity contribution in [3.05, 3.63) is 89.3 Å². The topological polar surface area (TPSA) is 6.48 Å². The van der Waals surface area contributed by atoms with Crippen molar-refractivity contribution in [1.82, 2.24) is 0 Å². The Kier molecular flexibility index (Phi) is 9.97. The van der Waals surface area contributed by atoms with Gasteiger partial charge in [0.15, 0.2) is 0 Å². The van der Waals surface area contributed by atoms with Gasteiger partial charge in [-0.05, 0) is 106 Å². The quantitative estimate of drug-likeness (QED) is 0.331. The van der Waals surface area contributed by atoms with Crippen molar-refractivity contribution in [2.75, 3.05) is 16.3 Å². The molecule has 0 saturated heterocycles. The number of nitrogens with zero attached hydrogens (tertiary/aromatic N) is 2. The van der Waals surface area contributed by atoms with Crippen molar-refractivity contribution in [2.24, 2.45) is 22.7 Å². The molecule has 212 valence electrons. The van der Waals surface area contributed by atoms with Crippen LogP contribution in [0.25, 0.3) is 0 Å². The zero-order chi connectivity index (χ0) is 29.0. The molecule has 0 radical (unpaired) electrons. The van der Waals surface area contributed by atoms with Crippen LogP contribution >= 0.6 is 0 Å². The monoisotopic (exact) mass is 526 g/mol. The van der Waals surface area contributed by atoms with E-state index in [1.807, 2.05) is 0 Å². The summed E-state index contributed by atoms with van der Waals surface area (Å²) >= 11 is 0. The molecule has 0 saturated carbocycles. The van der Waals surface area contributed by atoms with Crippen LogP contribution in [0.5, 0.6) is 0 Å². The Morgan fingerprint density at radius 3 is 2.41 bits per heavy atom. The highest BCUT2D eigenvalue weighted by Crippen LogP contribution is 2.41. The SMILES string of the molecule is C/C=C\C(=C/C)N(/C(C)=C(\C)C(C)CC(C)(C)C)c1cccc(N2CC(C)(C)CC(C)Cc3ccccc32)c1. The third-order valence-corrected chi connectivity index (χ3v) is 8.19. The molecule has 0 bridgehead atoms. The van der Waals surface area contributed by atoms with Crippen LogP contribution in [0.4, 0.5) is 17.1 Å². The molecule has 1 aliphatic heterocycles. The summed E-state index contributed by atoms with van der Waals surface area (Å²) < 4.78 is 0. The van der Waals surface area contributed by atoms with E-state index in [9.17, 15) is 0 Å². The van der Waals surface area contributed by atoms with Gasteiger partial charge in [0.1, 0.15) is 0 Å². The molecule has 2 unspecified atom stereocenters. The highest BCUT2D eigenvalue weighted by Gasteiger charge is 2.30. The number of anilines is 3. The number of hydrogen-bond acceptors (Lipinski definition) is 2. The van der Waals surface area contributed by atoms with Crippen LogP contribution in [0.3, 0.4) is 0 Å². The molecular weight excluding hydrogens is 472 g/mol. The van der Waals surface area contributed by atoms with Gasteiger partial charge in [0.05, 0.1) is 0 Å². The molecule has 2 atom stereocenters. The molecule has 2 nitrogen and oxygen atoms in total. The maximum absolute atomic E-state index is 2.57. The van der Waals surface area contributed by atoms with Crippen molar-refractivity contribution in [2.45, 2.75) is 95.4 Å². The van der Waals surface area contributed by atoms with Crippen LogP contribution < -0.4 is 9.80 Å². The zero-order valence-electron chi connectivity index (χ0n) is 26.7. The minimum Gasteiger partial charge on any atom is -0.341 e. The Labute approximate surface area is 240 Å². The Morgan fingerprint density at radius 1 is 1.08 bits per heavy atom. The van der Waals surface area contributed by atoms with E-state index in [0.29, 0.717) is 17.3 Å². The molecule has 0 amide bonds. The molecular formula is C37H54N2. The Bertz CT molecular complexity index is 1200. The first-order valence-corrected chi connectivity index (χ1v) is 15.0. The van der Waals surface area contributed by atoms with Crippen LogP contribution in [0.1, 0.15) is 94.6 Å². The summed E-state index contributed by atoms with van der Waals surface area (Å²) in [6, 6.07) is 18.2. The molecule has 39 heavy (non-hydrogen) atoms. The Morgan fingerprint density at radius 2 is 1.77 bits per heavy atom. The van der Waals surface area contributed by atoms with Gasteiger partial charge in [-0.2, -0.15) is 0 Å². The van der Waals surface area contributed by atoms with Gasteiger partial charge in [-0.25, -0.2) is 0 Å². The second-order valence-corrected chi connectivity index (χ2v) is 13.9. The standard InChI is InChI=1S/C37H54N2/c1-12-17-32(13-2)39(30(6)29(5)28(4)25-36(7,8)9)34-20-16-19-33(23-34)38-26-37(10,11)24-27(3)22-31-18-14-15-21-35(31)38/h12-21,23,27-28H,22,24-26H2,1-11H3/b17-12-,30-29+,32-13+. The summed E-state index contributed by atoms with van der Waals surface area (Å²) in [4.78, 5) is 5.03. The summed E-state index contributed by atoms with van der Waals surface area (Å²) in [5, 5.41) is 0. The minimum absolute atomic E-state index is 0.219. The maximum Gasteiger partial charge on any atom is 0.0478 e. The first kappa shape index (κ1) is 30.8. The lowest BCUT2D eigenvalue weighted by molar-refractivity contribution is 0.279. The summed E-state index contributed by atoms with van der Waals surface area (Å²) in [5.74, 6) is 1.18. The van der Waals surface area contributed by atoms with E-state index in [-0.39, 0.29) is 5.41 Å². The van der Waals surface area contributed by atoms with E-state index in [1.165, 1.54) is 46.0 Å². The molecule has 2 aromatic carbocycles. The third-order valence-electron chi connectivity index (χ3n) is 8.19. The predicted molar refractivity (Wildman–Crippen MR) is 174 cm³/mol. The molecule has 1 aliphatic rings. The van der Waals surface area contributed by atoms with Gasteiger partial charge >= 0.3 is 0 Å². The van der Waals surface area contributed by atoms with Crippen LogP contribution in [-0.2, 0) is 6.42 Å². The van der Waals surface area contributed by atoms with E-state index < -0.39 is 0 Å². The number of fused-ring (bicyclic) bond motifs is 1. The molecule has 0 spiro atoms. The summed E-state index contributed by atoms with van der Waals surface area (Å²) in [7, 11) is 0. The van der Waals surface area contributed by atoms with Crippen molar-refractivity contribution in [1.29, 1.82) is 0 Å². The largest absolute Gasteiger partial charge is 0.341 e. The fraction of sp³-hybridized carbons (Fsp3) is 0.514. The number of hydrogen-bond donors (Lipinski definition) is 0. The van der Waals surface area contributed by atoms with Gasteiger partial charge < -0.3 is 9.80 Å². The molecule has 0 aromatic heterocycles. The smallest absolute Gasteiger partial charge is 0.0478 e. The molecule has 0 N–H and O–H groups in total. The van der Waals surface area contributed by atoms with Crippen LogP contribution in [0.2, 0.25) is 0 Å². The molecule has 2 heteroatoms. The summed E-state index contributed by atoms with van der Waals surface area (Å²) in [6.07, 6.45) is 10.1. The number of benzene rings is 2. The normalized spacial score (nSPS) is 19.7. The van der Waals surface area contributed by atoms with E-state index in [4.69, 9.17) is 0 Å². The molecule has 0 fully saturated rings. The second kappa shape index (κ2) is 12.6. The Hall–Kier alpha value is -2.74. The molecule has 3 rings (SSSR count). The van der Waals surface area contributed by atoms with Gasteiger partial charge in [-0.1, -0.05) is 90.5 Å².